The average Bonchev–Trinajstić information content (AvgIpc) is 3.20. The summed E-state index contributed by atoms with van der Waals surface area (Å²) in [5, 5.41) is 13.8. The number of rotatable bonds is 7. The van der Waals surface area contributed by atoms with Gasteiger partial charge < -0.3 is 13.8 Å². The molecule has 3 rings (SSSR count). The lowest BCUT2D eigenvalue weighted by Crippen LogP contribution is -2.04. The van der Waals surface area contributed by atoms with Crippen LogP contribution >= 0.6 is 23.4 Å². The molecule has 126 valence electrons. The first-order chi connectivity index (χ1) is 11.7. The van der Waals surface area contributed by atoms with Gasteiger partial charge in [0.15, 0.2) is 16.8 Å². The summed E-state index contributed by atoms with van der Waals surface area (Å²) in [7, 11) is 1.64. The smallest absolute Gasteiger partial charge is 0.258 e. The van der Waals surface area contributed by atoms with Crippen molar-refractivity contribution in [1.29, 1.82) is 0 Å². The van der Waals surface area contributed by atoms with E-state index in [1.807, 2.05) is 23.6 Å². The van der Waals surface area contributed by atoms with Gasteiger partial charge in [-0.1, -0.05) is 34.6 Å². The van der Waals surface area contributed by atoms with E-state index in [0.717, 1.165) is 23.1 Å². The molecule has 0 aliphatic carbocycles. The highest BCUT2D eigenvalue weighted by atomic mass is 35.5. The lowest BCUT2D eigenvalue weighted by Gasteiger charge is -2.05. The SMILES string of the molecule is CCn1c(COC)nnc1SCc1noc(-c2cccc(Cl)c2)n1. The summed E-state index contributed by atoms with van der Waals surface area (Å²) < 4.78 is 12.4. The fraction of sp³-hybridized carbons (Fsp3) is 0.333. The molecule has 0 aliphatic heterocycles. The van der Waals surface area contributed by atoms with Crippen molar-refractivity contribution >= 4 is 23.4 Å². The maximum atomic E-state index is 5.98. The minimum absolute atomic E-state index is 0.433. The van der Waals surface area contributed by atoms with Crippen LogP contribution < -0.4 is 0 Å². The standard InChI is InChI=1S/C15H16ClN5O2S/c1-3-21-13(8-22-2)18-19-15(21)24-9-12-17-14(23-20-12)10-5-4-6-11(16)7-10/h4-7H,3,8-9H2,1-2H3. The number of benzene rings is 1. The van der Waals surface area contributed by atoms with E-state index in [4.69, 9.17) is 20.9 Å². The van der Waals surface area contributed by atoms with Gasteiger partial charge in [-0.05, 0) is 25.1 Å². The lowest BCUT2D eigenvalue weighted by atomic mass is 10.2. The van der Waals surface area contributed by atoms with E-state index in [0.29, 0.717) is 29.1 Å². The number of ether oxygens (including phenoxy) is 1. The van der Waals surface area contributed by atoms with Crippen molar-refractivity contribution in [2.45, 2.75) is 31.0 Å². The molecule has 1 aromatic carbocycles. The van der Waals surface area contributed by atoms with Gasteiger partial charge in [-0.15, -0.1) is 10.2 Å². The molecular weight excluding hydrogens is 350 g/mol. The molecule has 3 aromatic rings. The van der Waals surface area contributed by atoms with Gasteiger partial charge in [0, 0.05) is 24.2 Å². The Morgan fingerprint density at radius 3 is 2.96 bits per heavy atom. The van der Waals surface area contributed by atoms with E-state index in [9.17, 15) is 0 Å². The molecule has 9 heteroatoms. The second kappa shape index (κ2) is 7.78. The zero-order chi connectivity index (χ0) is 16.9. The van der Waals surface area contributed by atoms with E-state index in [1.54, 1.807) is 19.2 Å². The predicted octanol–water partition coefficient (Wildman–Crippen LogP) is 3.44. The van der Waals surface area contributed by atoms with Crippen LogP contribution in [0.25, 0.3) is 11.5 Å². The van der Waals surface area contributed by atoms with Gasteiger partial charge in [-0.3, -0.25) is 0 Å². The third kappa shape index (κ3) is 3.77. The molecule has 0 saturated heterocycles. The van der Waals surface area contributed by atoms with Crippen LogP contribution in [0.1, 0.15) is 18.6 Å². The Balaban J connectivity index is 1.70. The second-order valence-corrected chi connectivity index (χ2v) is 6.27. The van der Waals surface area contributed by atoms with Crippen molar-refractivity contribution in [1.82, 2.24) is 24.9 Å². The first kappa shape index (κ1) is 16.9. The number of aromatic nitrogens is 5. The van der Waals surface area contributed by atoms with Crippen LogP contribution in [-0.4, -0.2) is 32.0 Å². The monoisotopic (exact) mass is 365 g/mol. The van der Waals surface area contributed by atoms with Gasteiger partial charge in [-0.25, -0.2) is 0 Å². The molecule has 0 bridgehead atoms. The quantitative estimate of drug-likeness (QED) is 0.593. The maximum absolute atomic E-state index is 5.98. The van der Waals surface area contributed by atoms with Gasteiger partial charge in [0.1, 0.15) is 6.61 Å². The summed E-state index contributed by atoms with van der Waals surface area (Å²) in [5.41, 5.74) is 0.797. The van der Waals surface area contributed by atoms with Gasteiger partial charge in [-0.2, -0.15) is 4.98 Å². The molecular formula is C15H16ClN5O2S. The van der Waals surface area contributed by atoms with E-state index in [1.165, 1.54) is 11.8 Å². The molecule has 2 aromatic heterocycles. The summed E-state index contributed by atoms with van der Waals surface area (Å²) >= 11 is 7.49. The van der Waals surface area contributed by atoms with Gasteiger partial charge in [0.05, 0.1) is 5.75 Å². The van der Waals surface area contributed by atoms with Crippen LogP contribution in [0.3, 0.4) is 0 Å². The van der Waals surface area contributed by atoms with Crippen LogP contribution in [0.2, 0.25) is 5.02 Å². The highest BCUT2D eigenvalue weighted by Crippen LogP contribution is 2.24. The fourth-order valence-corrected chi connectivity index (χ4v) is 3.21. The summed E-state index contributed by atoms with van der Waals surface area (Å²) in [4.78, 5) is 4.40. The van der Waals surface area contributed by atoms with Crippen LogP contribution in [0.15, 0.2) is 33.9 Å². The molecule has 0 spiro atoms. The van der Waals surface area contributed by atoms with E-state index < -0.39 is 0 Å². The fourth-order valence-electron chi connectivity index (χ4n) is 2.16. The van der Waals surface area contributed by atoms with Gasteiger partial charge in [0.25, 0.3) is 5.89 Å². The predicted molar refractivity (Wildman–Crippen MR) is 90.7 cm³/mol. The summed E-state index contributed by atoms with van der Waals surface area (Å²) in [6.45, 7) is 3.24. The number of nitrogens with zero attached hydrogens (tertiary/aromatic N) is 5. The Morgan fingerprint density at radius 1 is 1.33 bits per heavy atom. The molecule has 24 heavy (non-hydrogen) atoms. The van der Waals surface area contributed by atoms with Crippen molar-refractivity contribution in [3.8, 4) is 11.5 Å². The highest BCUT2D eigenvalue weighted by molar-refractivity contribution is 7.98. The highest BCUT2D eigenvalue weighted by Gasteiger charge is 2.14. The van der Waals surface area contributed by atoms with Crippen molar-refractivity contribution in [3.63, 3.8) is 0 Å². The zero-order valence-electron chi connectivity index (χ0n) is 13.3. The van der Waals surface area contributed by atoms with Crippen molar-refractivity contribution in [2.24, 2.45) is 0 Å². The van der Waals surface area contributed by atoms with Gasteiger partial charge >= 0.3 is 0 Å². The minimum atomic E-state index is 0.433. The van der Waals surface area contributed by atoms with Crippen molar-refractivity contribution < 1.29 is 9.26 Å². The molecule has 7 nitrogen and oxygen atoms in total. The van der Waals surface area contributed by atoms with Crippen LogP contribution in [0.5, 0.6) is 0 Å². The third-order valence-electron chi connectivity index (χ3n) is 3.25. The Morgan fingerprint density at radius 2 is 2.21 bits per heavy atom. The molecule has 0 aliphatic rings. The summed E-state index contributed by atoms with van der Waals surface area (Å²) in [5.74, 6) is 2.38. The first-order valence-corrected chi connectivity index (χ1v) is 8.70. The molecule has 0 unspecified atom stereocenters. The number of methoxy groups -OCH3 is 1. The summed E-state index contributed by atoms with van der Waals surface area (Å²) in [6, 6.07) is 7.31. The Labute approximate surface area is 148 Å². The first-order valence-electron chi connectivity index (χ1n) is 7.33. The molecule has 0 fully saturated rings. The Kier molecular flexibility index (Phi) is 5.49. The molecule has 2 heterocycles. The minimum Gasteiger partial charge on any atom is -0.377 e. The topological polar surface area (TPSA) is 78.9 Å². The van der Waals surface area contributed by atoms with Crippen LogP contribution in [-0.2, 0) is 23.6 Å². The molecule has 0 N–H and O–H groups in total. The summed E-state index contributed by atoms with van der Waals surface area (Å²) in [6.07, 6.45) is 0. The third-order valence-corrected chi connectivity index (χ3v) is 4.45. The van der Waals surface area contributed by atoms with Gasteiger partial charge in [0.2, 0.25) is 0 Å². The van der Waals surface area contributed by atoms with Crippen molar-refractivity contribution in [2.75, 3.05) is 7.11 Å². The second-order valence-electron chi connectivity index (χ2n) is 4.89. The largest absolute Gasteiger partial charge is 0.377 e. The number of hydrogen-bond acceptors (Lipinski definition) is 7. The van der Waals surface area contributed by atoms with Crippen LogP contribution in [0.4, 0.5) is 0 Å². The molecule has 0 saturated carbocycles. The van der Waals surface area contributed by atoms with E-state index in [2.05, 4.69) is 20.3 Å². The Hall–Kier alpha value is -1.90. The Bertz CT molecular complexity index is 820. The normalized spacial score (nSPS) is 11.1. The van der Waals surface area contributed by atoms with Crippen molar-refractivity contribution in [3.05, 3.63) is 40.9 Å². The maximum Gasteiger partial charge on any atom is 0.258 e. The number of halogens is 1. The number of hydrogen-bond donors (Lipinski definition) is 0. The zero-order valence-corrected chi connectivity index (χ0v) is 14.8. The van der Waals surface area contributed by atoms with E-state index in [-0.39, 0.29) is 0 Å². The lowest BCUT2D eigenvalue weighted by molar-refractivity contribution is 0.173. The molecule has 0 amide bonds. The number of thioether (sulfide) groups is 1. The molecule has 0 atom stereocenters. The van der Waals surface area contributed by atoms with Crippen LogP contribution in [0, 0.1) is 0 Å². The van der Waals surface area contributed by atoms with E-state index >= 15 is 0 Å². The average molecular weight is 366 g/mol. The molecule has 0 radical (unpaired) electrons.